The second kappa shape index (κ2) is 4.78. The molecular weight excluding hydrogens is 270 g/mol. The van der Waals surface area contributed by atoms with Crippen LogP contribution in [0.5, 0.6) is 5.75 Å². The summed E-state index contributed by atoms with van der Waals surface area (Å²) in [5.41, 5.74) is 2.69. The third-order valence-electron chi connectivity index (χ3n) is 4.86. The van der Waals surface area contributed by atoms with Gasteiger partial charge in [-0.3, -0.25) is 0 Å². The highest BCUT2D eigenvalue weighted by atomic mass is 35.5. The molecule has 3 atom stereocenters. The first-order valence-corrected chi connectivity index (χ1v) is 7.65. The van der Waals surface area contributed by atoms with Crippen molar-refractivity contribution in [1.29, 1.82) is 0 Å². The first-order valence-electron chi connectivity index (χ1n) is 7.27. The zero-order valence-electron chi connectivity index (χ0n) is 12.4. The van der Waals surface area contributed by atoms with E-state index in [1.54, 1.807) is 6.07 Å². The molecular formula is C17H22ClNO. The molecule has 1 aromatic rings. The first-order chi connectivity index (χ1) is 9.38. The van der Waals surface area contributed by atoms with Gasteiger partial charge in [-0.2, -0.15) is 0 Å². The minimum absolute atomic E-state index is 0.244. The fourth-order valence-electron chi connectivity index (χ4n) is 4.13. The number of fused-ring (bicyclic) bond motifs is 2. The van der Waals surface area contributed by atoms with Crippen LogP contribution in [0.25, 0.3) is 5.57 Å². The molecule has 0 amide bonds. The molecule has 0 aliphatic heterocycles. The number of halogens is 1. The van der Waals surface area contributed by atoms with Crippen molar-refractivity contribution in [3.05, 3.63) is 34.9 Å². The molecule has 3 rings (SSSR count). The number of nitrogens with zero attached hydrogens (tertiary/aromatic N) is 1. The Morgan fingerprint density at radius 3 is 2.70 bits per heavy atom. The predicted octanol–water partition coefficient (Wildman–Crippen LogP) is 4.18. The van der Waals surface area contributed by atoms with E-state index >= 15 is 0 Å². The molecule has 2 nitrogen and oxygen atoms in total. The van der Waals surface area contributed by atoms with Crippen molar-refractivity contribution in [1.82, 2.24) is 4.90 Å². The van der Waals surface area contributed by atoms with Gasteiger partial charge in [-0.15, -0.1) is 0 Å². The van der Waals surface area contributed by atoms with Gasteiger partial charge in [0.15, 0.2) is 0 Å². The second-order valence-corrected chi connectivity index (χ2v) is 7.30. The van der Waals surface area contributed by atoms with Crippen molar-refractivity contribution in [2.75, 3.05) is 14.1 Å². The predicted molar refractivity (Wildman–Crippen MR) is 84.0 cm³/mol. The van der Waals surface area contributed by atoms with Gasteiger partial charge in [-0.1, -0.05) is 24.6 Å². The van der Waals surface area contributed by atoms with Crippen molar-refractivity contribution < 1.29 is 5.11 Å². The van der Waals surface area contributed by atoms with E-state index < -0.39 is 0 Å². The molecule has 3 heteroatoms. The Bertz CT molecular complexity index is 546. The highest BCUT2D eigenvalue weighted by molar-refractivity contribution is 6.30. The Morgan fingerprint density at radius 1 is 1.30 bits per heavy atom. The molecule has 0 saturated heterocycles. The number of benzene rings is 1. The highest BCUT2D eigenvalue weighted by Gasteiger charge is 2.44. The van der Waals surface area contributed by atoms with Crippen LogP contribution in [0, 0.1) is 11.3 Å². The summed E-state index contributed by atoms with van der Waals surface area (Å²) >= 11 is 6.12. The number of hydrogen-bond donors (Lipinski definition) is 1. The Hall–Kier alpha value is -0.990. The van der Waals surface area contributed by atoms with Crippen LogP contribution in [-0.2, 0) is 0 Å². The number of allylic oxidation sites excluding steroid dienone is 1. The fraction of sp³-hybridized carbons (Fsp3) is 0.529. The molecule has 20 heavy (non-hydrogen) atoms. The number of phenolic OH excluding ortho intramolecular Hbond substituents is 1. The molecule has 3 unspecified atom stereocenters. The minimum atomic E-state index is 0.244. The normalized spacial score (nSPS) is 32.5. The second-order valence-electron chi connectivity index (χ2n) is 6.86. The first kappa shape index (κ1) is 14.0. The third-order valence-corrected chi connectivity index (χ3v) is 5.07. The maximum atomic E-state index is 9.84. The third kappa shape index (κ3) is 2.36. The van der Waals surface area contributed by atoms with Crippen LogP contribution >= 0.6 is 11.6 Å². The number of phenols is 1. The van der Waals surface area contributed by atoms with Crippen molar-refractivity contribution in [2.45, 2.75) is 32.2 Å². The Kier molecular flexibility index (Phi) is 3.34. The summed E-state index contributed by atoms with van der Waals surface area (Å²) in [6.07, 6.45) is 6.24. The summed E-state index contributed by atoms with van der Waals surface area (Å²) in [5.74, 6) is 0.949. The molecule has 2 aliphatic rings. The van der Waals surface area contributed by atoms with E-state index in [1.165, 1.54) is 24.8 Å². The maximum absolute atomic E-state index is 9.84. The van der Waals surface area contributed by atoms with Crippen molar-refractivity contribution in [3.63, 3.8) is 0 Å². The maximum Gasteiger partial charge on any atom is 0.117 e. The quantitative estimate of drug-likeness (QED) is 0.883. The molecule has 0 radical (unpaired) electrons. The summed E-state index contributed by atoms with van der Waals surface area (Å²) in [4.78, 5) is 2.30. The number of likely N-dealkylation sites (N-methyl/N-ethyl adjacent to an activating group) is 1. The van der Waals surface area contributed by atoms with Gasteiger partial charge in [0.25, 0.3) is 0 Å². The van der Waals surface area contributed by atoms with Gasteiger partial charge in [0.1, 0.15) is 5.75 Å². The number of aromatic hydroxyl groups is 1. The largest absolute Gasteiger partial charge is 0.508 e. The van der Waals surface area contributed by atoms with E-state index in [4.69, 9.17) is 11.6 Å². The van der Waals surface area contributed by atoms with Crippen LogP contribution in [0.3, 0.4) is 0 Å². The van der Waals surface area contributed by atoms with E-state index in [0.717, 1.165) is 5.56 Å². The van der Waals surface area contributed by atoms with E-state index in [-0.39, 0.29) is 5.75 Å². The molecule has 0 aromatic heterocycles. The average molecular weight is 292 g/mol. The molecule has 0 spiro atoms. The lowest BCUT2D eigenvalue weighted by Crippen LogP contribution is -2.38. The van der Waals surface area contributed by atoms with Gasteiger partial charge in [0.05, 0.1) is 0 Å². The lowest BCUT2D eigenvalue weighted by atomic mass is 9.74. The van der Waals surface area contributed by atoms with E-state index in [2.05, 4.69) is 32.0 Å². The van der Waals surface area contributed by atoms with E-state index in [9.17, 15) is 5.11 Å². The van der Waals surface area contributed by atoms with Gasteiger partial charge < -0.3 is 10.0 Å². The van der Waals surface area contributed by atoms with Crippen LogP contribution in [0.4, 0.5) is 0 Å². The molecule has 1 N–H and O–H groups in total. The lowest BCUT2D eigenvalue weighted by Gasteiger charge is -2.38. The summed E-state index contributed by atoms with van der Waals surface area (Å²) in [6, 6.07) is 5.82. The molecule has 1 fully saturated rings. The Balaban J connectivity index is 2.11. The van der Waals surface area contributed by atoms with Gasteiger partial charge in [-0.05, 0) is 74.0 Å². The Labute approximate surface area is 126 Å². The zero-order valence-corrected chi connectivity index (χ0v) is 13.1. The minimum Gasteiger partial charge on any atom is -0.508 e. The molecule has 1 aromatic carbocycles. The summed E-state index contributed by atoms with van der Waals surface area (Å²) in [5, 5.41) is 10.4. The van der Waals surface area contributed by atoms with Gasteiger partial charge in [0.2, 0.25) is 0 Å². The highest BCUT2D eigenvalue weighted by Crippen LogP contribution is 2.53. The monoisotopic (exact) mass is 291 g/mol. The zero-order chi connectivity index (χ0) is 14.5. The van der Waals surface area contributed by atoms with Crippen molar-refractivity contribution in [3.8, 4) is 5.75 Å². The Morgan fingerprint density at radius 2 is 2.05 bits per heavy atom. The molecule has 2 bridgehead atoms. The smallest absolute Gasteiger partial charge is 0.117 e. The van der Waals surface area contributed by atoms with Crippen molar-refractivity contribution >= 4 is 17.2 Å². The van der Waals surface area contributed by atoms with Crippen molar-refractivity contribution in [2.24, 2.45) is 11.3 Å². The van der Waals surface area contributed by atoms with Crippen LogP contribution < -0.4 is 0 Å². The van der Waals surface area contributed by atoms with Gasteiger partial charge in [0, 0.05) is 11.1 Å². The van der Waals surface area contributed by atoms with Gasteiger partial charge in [-0.25, -0.2) is 0 Å². The van der Waals surface area contributed by atoms with Crippen LogP contribution in [0.2, 0.25) is 5.02 Å². The molecule has 2 aliphatic carbocycles. The van der Waals surface area contributed by atoms with Crippen LogP contribution in [-0.4, -0.2) is 30.1 Å². The van der Waals surface area contributed by atoms with E-state index in [0.29, 0.717) is 22.4 Å². The lowest BCUT2D eigenvalue weighted by molar-refractivity contribution is 0.243. The summed E-state index contributed by atoms with van der Waals surface area (Å²) in [6.45, 7) is 2.35. The van der Waals surface area contributed by atoms with Crippen LogP contribution in [0.1, 0.15) is 31.7 Å². The number of hydrogen-bond acceptors (Lipinski definition) is 2. The molecule has 0 heterocycles. The fourth-order valence-corrected chi connectivity index (χ4v) is 4.36. The standard InChI is InChI=1S/C17H22ClNO/c1-17-5-4-11(9-17)16(19(2)3)15(10-17)12-6-13(18)8-14(20)7-12/h6-8,10-11,16,20H,4-5,9H2,1-3H3. The summed E-state index contributed by atoms with van der Waals surface area (Å²) < 4.78 is 0. The topological polar surface area (TPSA) is 23.5 Å². The SMILES string of the molecule is CN(C)C1C(c2cc(O)cc(Cl)c2)=CC2(C)CCC1C2. The summed E-state index contributed by atoms with van der Waals surface area (Å²) in [7, 11) is 4.29. The average Bonchev–Trinajstić information content (AvgIpc) is 2.63. The van der Waals surface area contributed by atoms with Gasteiger partial charge >= 0.3 is 0 Å². The van der Waals surface area contributed by atoms with Crippen LogP contribution in [0.15, 0.2) is 24.3 Å². The van der Waals surface area contributed by atoms with E-state index in [1.807, 2.05) is 12.1 Å². The molecule has 108 valence electrons. The number of rotatable bonds is 2. The molecule has 1 saturated carbocycles.